The second kappa shape index (κ2) is 9.03. The zero-order valence-electron chi connectivity index (χ0n) is 15.0. The summed E-state index contributed by atoms with van der Waals surface area (Å²) in [6.07, 6.45) is 1.86. The molecule has 2 aromatic rings. The molecule has 0 unspecified atom stereocenters. The van der Waals surface area contributed by atoms with Gasteiger partial charge in [0.25, 0.3) is 0 Å². The number of thiocarbonyl (C=S) groups is 1. The first-order valence-electron chi connectivity index (χ1n) is 8.73. The number of rotatable bonds is 6. The number of halogens is 3. The van der Waals surface area contributed by atoms with Crippen molar-refractivity contribution in [1.29, 1.82) is 0 Å². The molecular weight excluding hydrogens is 387 g/mol. The van der Waals surface area contributed by atoms with E-state index in [0.717, 1.165) is 24.8 Å². The average molecular weight is 407 g/mol. The Morgan fingerprint density at radius 3 is 2.75 bits per heavy atom. The third-order valence-electron chi connectivity index (χ3n) is 4.51. The fraction of sp³-hybridized carbons (Fsp3) is 0.263. The number of hydrogen-bond donors (Lipinski definition) is 3. The van der Waals surface area contributed by atoms with E-state index in [4.69, 9.17) is 5.73 Å². The van der Waals surface area contributed by atoms with Gasteiger partial charge in [0.05, 0.1) is 11.9 Å². The number of nitrogens with two attached hydrogens (primary N) is 1. The second-order valence-corrected chi connectivity index (χ2v) is 6.90. The van der Waals surface area contributed by atoms with Crippen LogP contribution in [0.25, 0.3) is 0 Å². The van der Waals surface area contributed by atoms with Gasteiger partial charge >= 0.3 is 0 Å². The predicted molar refractivity (Wildman–Crippen MR) is 108 cm³/mol. The molecule has 1 aliphatic heterocycles. The van der Waals surface area contributed by atoms with Crippen molar-refractivity contribution >= 4 is 29.2 Å². The minimum atomic E-state index is -0.604. The maximum absolute atomic E-state index is 14.5. The Labute approximate surface area is 166 Å². The summed E-state index contributed by atoms with van der Waals surface area (Å²) in [5, 5.41) is 6.84. The molecule has 0 aliphatic carbocycles. The molecule has 0 radical (unpaired) electrons. The normalized spacial score (nSPS) is 16.7. The summed E-state index contributed by atoms with van der Waals surface area (Å²) in [6, 6.07) is 8.83. The third kappa shape index (κ3) is 4.99. The van der Waals surface area contributed by atoms with E-state index in [1.165, 1.54) is 6.07 Å². The molecular formula is C19H20F3N5S. The Hall–Kier alpha value is -2.65. The molecule has 1 heterocycles. The molecule has 5 nitrogen and oxygen atoms in total. The van der Waals surface area contributed by atoms with E-state index >= 15 is 0 Å². The van der Waals surface area contributed by atoms with Crippen LogP contribution in [-0.4, -0.2) is 30.5 Å². The van der Waals surface area contributed by atoms with Crippen molar-refractivity contribution in [3.05, 3.63) is 65.0 Å². The standard InChI is InChI=1S/C19H20F3N5S/c20-15-4-2-1-3-12(15)9-24-14-5-6-27(11-14)18-8-16(21)13(7-17(18)22)10-25-26-19(23)28/h1-4,7-8,10,14,24H,5-6,9,11H2,(H3,23,26,28)/t14-/m0/s1. The summed E-state index contributed by atoms with van der Waals surface area (Å²) in [4.78, 5) is 1.77. The lowest BCUT2D eigenvalue weighted by Crippen LogP contribution is -2.32. The average Bonchev–Trinajstić information content (AvgIpc) is 3.12. The largest absolute Gasteiger partial charge is 0.375 e. The van der Waals surface area contributed by atoms with Gasteiger partial charge in [0.2, 0.25) is 0 Å². The monoisotopic (exact) mass is 407 g/mol. The van der Waals surface area contributed by atoms with Crippen LogP contribution in [0, 0.1) is 17.5 Å². The van der Waals surface area contributed by atoms with Crippen LogP contribution in [0.3, 0.4) is 0 Å². The molecule has 0 aromatic heterocycles. The summed E-state index contributed by atoms with van der Waals surface area (Å²) in [5.41, 5.74) is 8.26. The number of anilines is 1. The van der Waals surface area contributed by atoms with Gasteiger partial charge in [-0.15, -0.1) is 0 Å². The van der Waals surface area contributed by atoms with Crippen molar-refractivity contribution in [3.8, 4) is 0 Å². The molecule has 1 fully saturated rings. The molecule has 28 heavy (non-hydrogen) atoms. The summed E-state index contributed by atoms with van der Waals surface area (Å²) >= 11 is 4.59. The molecule has 0 saturated carbocycles. The van der Waals surface area contributed by atoms with Gasteiger partial charge in [0.15, 0.2) is 5.11 Å². The van der Waals surface area contributed by atoms with Crippen molar-refractivity contribution in [1.82, 2.24) is 10.7 Å². The highest BCUT2D eigenvalue weighted by Gasteiger charge is 2.25. The zero-order chi connectivity index (χ0) is 20.1. The molecule has 1 aliphatic rings. The number of hydrazone groups is 1. The molecule has 4 N–H and O–H groups in total. The first-order valence-corrected chi connectivity index (χ1v) is 9.14. The van der Waals surface area contributed by atoms with E-state index < -0.39 is 11.6 Å². The van der Waals surface area contributed by atoms with Gasteiger partial charge in [-0.25, -0.2) is 13.2 Å². The molecule has 1 atom stereocenters. The van der Waals surface area contributed by atoms with Gasteiger partial charge in [0.1, 0.15) is 17.5 Å². The Kier molecular flexibility index (Phi) is 6.48. The molecule has 0 amide bonds. The Morgan fingerprint density at radius 1 is 1.21 bits per heavy atom. The van der Waals surface area contributed by atoms with Gasteiger partial charge in [-0.05, 0) is 30.8 Å². The van der Waals surface area contributed by atoms with Crippen LogP contribution >= 0.6 is 12.2 Å². The second-order valence-electron chi connectivity index (χ2n) is 6.46. The fourth-order valence-electron chi connectivity index (χ4n) is 3.10. The van der Waals surface area contributed by atoms with Gasteiger partial charge < -0.3 is 16.0 Å². The summed E-state index contributed by atoms with van der Waals surface area (Å²) < 4.78 is 42.5. The van der Waals surface area contributed by atoms with Gasteiger partial charge in [-0.2, -0.15) is 5.10 Å². The van der Waals surface area contributed by atoms with Crippen LogP contribution in [0.2, 0.25) is 0 Å². The highest BCUT2D eigenvalue weighted by molar-refractivity contribution is 7.80. The molecule has 148 valence electrons. The Balaban J connectivity index is 1.63. The quantitative estimate of drug-likeness (QED) is 0.390. The van der Waals surface area contributed by atoms with E-state index in [1.807, 2.05) is 0 Å². The van der Waals surface area contributed by atoms with Gasteiger partial charge in [0, 0.05) is 42.9 Å². The van der Waals surface area contributed by atoms with Crippen molar-refractivity contribution in [2.75, 3.05) is 18.0 Å². The van der Waals surface area contributed by atoms with E-state index in [-0.39, 0.29) is 28.2 Å². The summed E-state index contributed by atoms with van der Waals surface area (Å²) in [5.74, 6) is -1.42. The number of nitrogens with zero attached hydrogens (tertiary/aromatic N) is 2. The van der Waals surface area contributed by atoms with E-state index in [2.05, 4.69) is 28.1 Å². The molecule has 9 heteroatoms. The van der Waals surface area contributed by atoms with Gasteiger partial charge in [-0.1, -0.05) is 18.2 Å². The highest BCUT2D eigenvalue weighted by Crippen LogP contribution is 2.26. The Morgan fingerprint density at radius 2 is 2.00 bits per heavy atom. The fourth-order valence-corrected chi connectivity index (χ4v) is 3.15. The minimum absolute atomic E-state index is 0.0153. The molecule has 0 spiro atoms. The number of hydrogen-bond acceptors (Lipinski definition) is 4. The van der Waals surface area contributed by atoms with E-state index in [0.29, 0.717) is 25.2 Å². The predicted octanol–water partition coefficient (Wildman–Crippen LogP) is 2.64. The first kappa shape index (κ1) is 20.1. The van der Waals surface area contributed by atoms with Crippen LogP contribution in [0.4, 0.5) is 18.9 Å². The summed E-state index contributed by atoms with van der Waals surface area (Å²) in [6.45, 7) is 1.45. The zero-order valence-corrected chi connectivity index (χ0v) is 15.8. The summed E-state index contributed by atoms with van der Waals surface area (Å²) in [7, 11) is 0. The lowest BCUT2D eigenvalue weighted by molar-refractivity contribution is 0.529. The van der Waals surface area contributed by atoms with Crippen LogP contribution in [-0.2, 0) is 6.54 Å². The topological polar surface area (TPSA) is 65.7 Å². The van der Waals surface area contributed by atoms with Gasteiger partial charge in [-0.3, -0.25) is 5.43 Å². The smallest absolute Gasteiger partial charge is 0.184 e. The first-order chi connectivity index (χ1) is 13.4. The molecule has 3 rings (SSSR count). The molecule has 2 aromatic carbocycles. The maximum Gasteiger partial charge on any atom is 0.184 e. The molecule has 1 saturated heterocycles. The minimum Gasteiger partial charge on any atom is -0.375 e. The van der Waals surface area contributed by atoms with Crippen LogP contribution in [0.1, 0.15) is 17.5 Å². The van der Waals surface area contributed by atoms with Crippen molar-refractivity contribution in [2.24, 2.45) is 10.8 Å². The van der Waals surface area contributed by atoms with Crippen molar-refractivity contribution < 1.29 is 13.2 Å². The van der Waals surface area contributed by atoms with Crippen LogP contribution < -0.4 is 21.4 Å². The van der Waals surface area contributed by atoms with Crippen LogP contribution in [0.5, 0.6) is 0 Å². The third-order valence-corrected chi connectivity index (χ3v) is 4.60. The van der Waals surface area contributed by atoms with E-state index in [9.17, 15) is 13.2 Å². The number of nitrogens with one attached hydrogen (secondary N) is 2. The SMILES string of the molecule is NC(=S)NN=Cc1cc(F)c(N2CC[C@H](NCc3ccccc3F)C2)cc1F. The number of benzene rings is 2. The van der Waals surface area contributed by atoms with E-state index in [1.54, 1.807) is 23.1 Å². The van der Waals surface area contributed by atoms with Crippen molar-refractivity contribution in [2.45, 2.75) is 19.0 Å². The maximum atomic E-state index is 14.5. The lowest BCUT2D eigenvalue weighted by atomic mass is 10.2. The van der Waals surface area contributed by atoms with Crippen LogP contribution in [0.15, 0.2) is 41.5 Å². The van der Waals surface area contributed by atoms with Crippen molar-refractivity contribution in [3.63, 3.8) is 0 Å². The highest BCUT2D eigenvalue weighted by atomic mass is 32.1. The lowest BCUT2D eigenvalue weighted by Gasteiger charge is -2.20. The Bertz CT molecular complexity index is 890. The molecule has 0 bridgehead atoms.